The molecule has 1 aliphatic heterocycles. The monoisotopic (exact) mass is 321 g/mol. The van der Waals surface area contributed by atoms with E-state index in [0.29, 0.717) is 11.3 Å². The maximum Gasteiger partial charge on any atom is 0.0521 e. The first-order chi connectivity index (χ1) is 8.96. The largest absolute Gasteiger partial charge is 0.383 e. The molecule has 19 heavy (non-hydrogen) atoms. The number of halogens is 1. The van der Waals surface area contributed by atoms with E-state index in [1.165, 1.54) is 35.0 Å². The van der Waals surface area contributed by atoms with Crippen molar-refractivity contribution in [1.82, 2.24) is 0 Å². The van der Waals surface area contributed by atoms with Crippen LogP contribution in [0.5, 0.6) is 0 Å². The smallest absolute Gasteiger partial charge is 0.0521 e. The Labute approximate surface area is 125 Å². The van der Waals surface area contributed by atoms with Crippen LogP contribution < -0.4 is 5.32 Å². The molecule has 1 aromatic rings. The number of fused-ring (bicyclic) bond motifs is 1. The summed E-state index contributed by atoms with van der Waals surface area (Å²) < 4.78 is 1.22. The van der Waals surface area contributed by atoms with Crippen molar-refractivity contribution in [1.29, 1.82) is 0 Å². The highest BCUT2D eigenvalue weighted by atomic mass is 79.9. The van der Waals surface area contributed by atoms with E-state index in [2.05, 4.69) is 60.2 Å². The third-order valence-corrected chi connectivity index (χ3v) is 5.59. The number of anilines is 1. The van der Waals surface area contributed by atoms with Gasteiger partial charge >= 0.3 is 0 Å². The van der Waals surface area contributed by atoms with Gasteiger partial charge in [0, 0.05) is 16.9 Å². The van der Waals surface area contributed by atoms with Gasteiger partial charge in [-0.2, -0.15) is 0 Å². The van der Waals surface area contributed by atoms with E-state index >= 15 is 0 Å². The van der Waals surface area contributed by atoms with Crippen molar-refractivity contribution in [3.8, 4) is 0 Å². The average Bonchev–Trinajstić information content (AvgIpc) is 2.71. The molecule has 2 heteroatoms. The molecule has 1 aliphatic carbocycles. The highest BCUT2D eigenvalue weighted by Gasteiger charge is 2.38. The van der Waals surface area contributed by atoms with Crippen molar-refractivity contribution in [3.05, 3.63) is 28.2 Å². The molecule has 1 saturated carbocycles. The zero-order valence-electron chi connectivity index (χ0n) is 12.2. The van der Waals surface area contributed by atoms with Gasteiger partial charge in [0.05, 0.1) is 5.69 Å². The number of rotatable bonds is 1. The molecule has 0 radical (unpaired) electrons. The van der Waals surface area contributed by atoms with Crippen LogP contribution in [0.3, 0.4) is 0 Å². The lowest BCUT2D eigenvalue weighted by atomic mass is 9.64. The Morgan fingerprint density at radius 2 is 2.05 bits per heavy atom. The average molecular weight is 322 g/mol. The lowest BCUT2D eigenvalue weighted by molar-refractivity contribution is 0.119. The molecule has 0 spiro atoms. The highest BCUT2D eigenvalue weighted by Crippen LogP contribution is 2.50. The van der Waals surface area contributed by atoms with Crippen molar-refractivity contribution >= 4 is 21.6 Å². The molecule has 1 N–H and O–H groups in total. The third-order valence-electron chi connectivity index (χ3n) is 4.93. The lowest BCUT2D eigenvalue weighted by Gasteiger charge is -2.41. The van der Waals surface area contributed by atoms with Crippen molar-refractivity contribution in [2.45, 2.75) is 46.0 Å². The van der Waals surface area contributed by atoms with E-state index < -0.39 is 0 Å². The van der Waals surface area contributed by atoms with E-state index in [1.54, 1.807) is 0 Å². The normalized spacial score (nSPS) is 32.7. The molecule has 3 rings (SSSR count). The number of hydrogen-bond donors (Lipinski definition) is 1. The van der Waals surface area contributed by atoms with Gasteiger partial charge in [-0.15, -0.1) is 0 Å². The van der Waals surface area contributed by atoms with Gasteiger partial charge < -0.3 is 5.32 Å². The zero-order valence-corrected chi connectivity index (χ0v) is 13.8. The van der Waals surface area contributed by atoms with Crippen LogP contribution in [-0.4, -0.2) is 6.54 Å². The maximum absolute atomic E-state index is 3.67. The Bertz CT molecular complexity index is 480. The summed E-state index contributed by atoms with van der Waals surface area (Å²) in [6.07, 6.45) is 4.15. The minimum absolute atomic E-state index is 0.511. The molecule has 3 atom stereocenters. The number of benzene rings is 1. The van der Waals surface area contributed by atoms with Gasteiger partial charge in [-0.25, -0.2) is 0 Å². The second-order valence-corrected chi connectivity index (χ2v) is 8.22. The summed E-state index contributed by atoms with van der Waals surface area (Å²) in [5, 5.41) is 3.61. The topological polar surface area (TPSA) is 12.0 Å². The van der Waals surface area contributed by atoms with Gasteiger partial charge in [-0.3, -0.25) is 0 Å². The van der Waals surface area contributed by atoms with Crippen molar-refractivity contribution in [2.24, 2.45) is 17.3 Å². The van der Waals surface area contributed by atoms with Crippen LogP contribution in [0.25, 0.3) is 0 Å². The fourth-order valence-corrected chi connectivity index (χ4v) is 5.03. The maximum atomic E-state index is 3.67. The summed E-state index contributed by atoms with van der Waals surface area (Å²) in [5.74, 6) is 2.40. The number of para-hydroxylation sites is 1. The first-order valence-corrected chi connectivity index (χ1v) is 8.28. The van der Waals surface area contributed by atoms with Gasteiger partial charge in [-0.05, 0) is 64.1 Å². The van der Waals surface area contributed by atoms with Gasteiger partial charge in [0.2, 0.25) is 0 Å². The predicted molar refractivity (Wildman–Crippen MR) is 85.7 cm³/mol. The summed E-state index contributed by atoms with van der Waals surface area (Å²) in [6.45, 7) is 8.43. The third kappa shape index (κ3) is 2.56. The Hall–Kier alpha value is -0.500. The molecule has 1 aromatic carbocycles. The van der Waals surface area contributed by atoms with Gasteiger partial charge in [0.1, 0.15) is 0 Å². The van der Waals surface area contributed by atoms with E-state index in [-0.39, 0.29) is 0 Å². The van der Waals surface area contributed by atoms with Crippen LogP contribution in [0.15, 0.2) is 22.7 Å². The first kappa shape index (κ1) is 13.5. The fourth-order valence-electron chi connectivity index (χ4n) is 4.51. The first-order valence-electron chi connectivity index (χ1n) is 7.48. The molecular weight excluding hydrogens is 298 g/mol. The minimum Gasteiger partial charge on any atom is -0.383 e. The van der Waals surface area contributed by atoms with E-state index in [1.807, 2.05) is 0 Å². The molecule has 0 bridgehead atoms. The standard InChI is InChI=1S/C17H24BrN/c1-11-7-12(9-17(2,3)8-11)14-10-19-16-13(14)5-4-6-15(16)18/h4-6,11-12,14,19H,7-10H2,1-3H3. The molecular formula is C17H24BrN. The van der Waals surface area contributed by atoms with Gasteiger partial charge in [0.15, 0.2) is 0 Å². The molecule has 0 aromatic heterocycles. The predicted octanol–water partition coefficient (Wildman–Crippen LogP) is 5.42. The Kier molecular flexibility index (Phi) is 3.41. The summed E-state index contributed by atoms with van der Waals surface area (Å²) in [6, 6.07) is 6.64. The van der Waals surface area contributed by atoms with E-state index in [9.17, 15) is 0 Å². The van der Waals surface area contributed by atoms with Crippen LogP contribution in [0, 0.1) is 17.3 Å². The highest BCUT2D eigenvalue weighted by molar-refractivity contribution is 9.10. The second kappa shape index (κ2) is 4.80. The van der Waals surface area contributed by atoms with Crippen LogP contribution >= 0.6 is 15.9 Å². The summed E-state index contributed by atoms with van der Waals surface area (Å²) in [4.78, 5) is 0. The second-order valence-electron chi connectivity index (χ2n) is 7.36. The molecule has 0 amide bonds. The Morgan fingerprint density at radius 1 is 1.26 bits per heavy atom. The molecule has 1 heterocycles. The molecule has 1 nitrogen and oxygen atoms in total. The van der Waals surface area contributed by atoms with E-state index in [0.717, 1.165) is 18.4 Å². The van der Waals surface area contributed by atoms with Crippen molar-refractivity contribution < 1.29 is 0 Å². The van der Waals surface area contributed by atoms with Crippen LogP contribution in [0.2, 0.25) is 0 Å². The number of nitrogens with one attached hydrogen (secondary N) is 1. The zero-order chi connectivity index (χ0) is 13.6. The summed E-state index contributed by atoms with van der Waals surface area (Å²) >= 11 is 3.67. The lowest BCUT2D eigenvalue weighted by Crippen LogP contribution is -2.31. The van der Waals surface area contributed by atoms with Crippen LogP contribution in [0.4, 0.5) is 5.69 Å². The quantitative estimate of drug-likeness (QED) is 0.728. The molecule has 3 unspecified atom stereocenters. The summed E-state index contributed by atoms with van der Waals surface area (Å²) in [7, 11) is 0. The van der Waals surface area contributed by atoms with Crippen molar-refractivity contribution in [3.63, 3.8) is 0 Å². The molecule has 104 valence electrons. The molecule has 0 saturated heterocycles. The molecule has 1 fully saturated rings. The summed E-state index contributed by atoms with van der Waals surface area (Å²) in [5.41, 5.74) is 3.38. The van der Waals surface area contributed by atoms with Gasteiger partial charge in [-0.1, -0.05) is 32.9 Å². The number of hydrogen-bond acceptors (Lipinski definition) is 1. The Balaban J connectivity index is 1.87. The fraction of sp³-hybridized carbons (Fsp3) is 0.647. The Morgan fingerprint density at radius 3 is 2.79 bits per heavy atom. The van der Waals surface area contributed by atoms with Crippen LogP contribution in [-0.2, 0) is 0 Å². The van der Waals surface area contributed by atoms with Crippen LogP contribution in [0.1, 0.15) is 51.5 Å². The van der Waals surface area contributed by atoms with Gasteiger partial charge in [0.25, 0.3) is 0 Å². The van der Waals surface area contributed by atoms with Crippen molar-refractivity contribution in [2.75, 3.05) is 11.9 Å². The SMILES string of the molecule is CC1CC(C2CNc3c(Br)cccc32)CC(C)(C)C1. The van der Waals surface area contributed by atoms with E-state index in [4.69, 9.17) is 0 Å². The minimum atomic E-state index is 0.511. The molecule has 2 aliphatic rings.